The van der Waals surface area contributed by atoms with Crippen molar-refractivity contribution in [2.75, 3.05) is 6.61 Å². The molecule has 0 aromatic rings. The summed E-state index contributed by atoms with van der Waals surface area (Å²) in [6.45, 7) is 6.20. The number of aliphatic hydroxyl groups is 2. The smallest absolute Gasteiger partial charge is 0.306 e. The number of esters is 1. The Labute approximate surface area is 351 Å². The number of unbranched alkanes of at least 4 members (excludes halogenated alkanes) is 19. The maximum absolute atomic E-state index is 13.1. The predicted molar refractivity (Wildman–Crippen MR) is 245 cm³/mol. The molecule has 0 aliphatic heterocycles. The van der Waals surface area contributed by atoms with E-state index >= 15 is 0 Å². The lowest BCUT2D eigenvalue weighted by Crippen LogP contribution is -2.46. The molecule has 3 unspecified atom stereocenters. The topological polar surface area (TPSA) is 95.9 Å². The first kappa shape index (κ1) is 54.3. The molecule has 0 fully saturated rings. The van der Waals surface area contributed by atoms with Crippen LogP contribution in [0.3, 0.4) is 0 Å². The monoisotopic (exact) mass is 796 g/mol. The van der Waals surface area contributed by atoms with Gasteiger partial charge in [-0.2, -0.15) is 0 Å². The van der Waals surface area contributed by atoms with Gasteiger partial charge in [-0.05, 0) is 77.0 Å². The number of amides is 1. The Morgan fingerprint density at radius 3 is 1.63 bits per heavy atom. The first-order chi connectivity index (χ1) is 28.0. The minimum atomic E-state index is -0.796. The van der Waals surface area contributed by atoms with E-state index < -0.39 is 18.2 Å². The number of hydrogen-bond donors (Lipinski definition) is 3. The highest BCUT2D eigenvalue weighted by molar-refractivity contribution is 5.77. The zero-order valence-corrected chi connectivity index (χ0v) is 37.2. The molecule has 0 bridgehead atoms. The van der Waals surface area contributed by atoms with E-state index in [1.807, 2.05) is 0 Å². The molecular formula is C51H89NO5. The van der Waals surface area contributed by atoms with Gasteiger partial charge in [0.25, 0.3) is 0 Å². The third-order valence-corrected chi connectivity index (χ3v) is 10.3. The zero-order chi connectivity index (χ0) is 41.7. The summed E-state index contributed by atoms with van der Waals surface area (Å²) in [5, 5.41) is 23.6. The maximum Gasteiger partial charge on any atom is 0.306 e. The van der Waals surface area contributed by atoms with Gasteiger partial charge >= 0.3 is 5.97 Å². The van der Waals surface area contributed by atoms with E-state index in [2.05, 4.69) is 99.0 Å². The number of rotatable bonds is 41. The van der Waals surface area contributed by atoms with E-state index in [9.17, 15) is 19.8 Å². The van der Waals surface area contributed by atoms with Crippen LogP contribution in [0.25, 0.3) is 0 Å². The fourth-order valence-corrected chi connectivity index (χ4v) is 6.80. The van der Waals surface area contributed by atoms with Crippen molar-refractivity contribution in [1.29, 1.82) is 0 Å². The van der Waals surface area contributed by atoms with Crippen molar-refractivity contribution in [3.8, 4) is 0 Å². The lowest BCUT2D eigenvalue weighted by atomic mass is 10.0. The quantitative estimate of drug-likeness (QED) is 0.0248. The molecule has 57 heavy (non-hydrogen) atoms. The van der Waals surface area contributed by atoms with Gasteiger partial charge in [-0.25, -0.2) is 0 Å². The zero-order valence-electron chi connectivity index (χ0n) is 37.2. The average molecular weight is 796 g/mol. The Morgan fingerprint density at radius 1 is 0.544 bits per heavy atom. The van der Waals surface area contributed by atoms with Gasteiger partial charge in [0, 0.05) is 6.42 Å². The van der Waals surface area contributed by atoms with E-state index in [0.29, 0.717) is 19.3 Å². The Balaban J connectivity index is 4.64. The molecule has 0 rings (SSSR count). The summed E-state index contributed by atoms with van der Waals surface area (Å²) >= 11 is 0. The molecule has 0 aromatic heterocycles. The normalized spacial score (nSPS) is 14.0. The third-order valence-electron chi connectivity index (χ3n) is 10.3. The molecule has 0 heterocycles. The Morgan fingerprint density at radius 2 is 1.04 bits per heavy atom. The lowest BCUT2D eigenvalue weighted by molar-refractivity contribution is -0.151. The van der Waals surface area contributed by atoms with Crippen LogP contribution in [-0.2, 0) is 14.3 Å². The SMILES string of the molecule is CC/C=C/C=C/C=C/CCCCCCCC(CC(=O)NC(CO)C(O)CCCCCCCCCCC)OC(=O)CCCCCCCC/C=C/C/C=C/C/C=C/CC. The van der Waals surface area contributed by atoms with Gasteiger partial charge in [-0.15, -0.1) is 0 Å². The van der Waals surface area contributed by atoms with E-state index in [1.54, 1.807) is 0 Å². The summed E-state index contributed by atoms with van der Waals surface area (Å²) < 4.78 is 5.90. The highest BCUT2D eigenvalue weighted by Gasteiger charge is 2.24. The van der Waals surface area contributed by atoms with Crippen LogP contribution in [-0.4, -0.2) is 46.9 Å². The average Bonchev–Trinajstić information content (AvgIpc) is 3.20. The Bertz CT molecular complexity index is 1070. The molecule has 0 saturated carbocycles. The Kier molecular flexibility index (Phi) is 42.3. The van der Waals surface area contributed by atoms with Gasteiger partial charge in [0.05, 0.1) is 25.2 Å². The van der Waals surface area contributed by atoms with Crippen molar-refractivity contribution in [3.05, 3.63) is 72.9 Å². The van der Waals surface area contributed by atoms with Crippen molar-refractivity contribution >= 4 is 11.9 Å². The highest BCUT2D eigenvalue weighted by atomic mass is 16.5. The first-order valence-corrected chi connectivity index (χ1v) is 23.7. The molecule has 0 saturated heterocycles. The van der Waals surface area contributed by atoms with Gasteiger partial charge < -0.3 is 20.3 Å². The number of carbonyl (C=O) groups excluding carboxylic acids is 2. The second-order valence-corrected chi connectivity index (χ2v) is 15.8. The minimum absolute atomic E-state index is 0.0553. The second-order valence-electron chi connectivity index (χ2n) is 15.8. The number of nitrogens with one attached hydrogen (secondary N) is 1. The van der Waals surface area contributed by atoms with Crippen LogP contribution < -0.4 is 5.32 Å². The second kappa shape index (κ2) is 44.4. The van der Waals surface area contributed by atoms with E-state index in [1.165, 1.54) is 57.8 Å². The molecule has 1 amide bonds. The number of carbonyl (C=O) groups is 2. The Hall–Kier alpha value is -2.70. The van der Waals surface area contributed by atoms with Crippen molar-refractivity contribution in [3.63, 3.8) is 0 Å². The van der Waals surface area contributed by atoms with Gasteiger partial charge in [-0.1, -0.05) is 196 Å². The summed E-state index contributed by atoms with van der Waals surface area (Å²) in [6, 6.07) is -0.712. The lowest BCUT2D eigenvalue weighted by Gasteiger charge is -2.24. The van der Waals surface area contributed by atoms with Gasteiger partial charge in [0.1, 0.15) is 6.10 Å². The number of hydrogen-bond acceptors (Lipinski definition) is 5. The van der Waals surface area contributed by atoms with Crippen LogP contribution in [0.15, 0.2) is 72.9 Å². The number of allylic oxidation sites excluding steroid dienone is 12. The molecule has 0 spiro atoms. The third kappa shape index (κ3) is 39.9. The largest absolute Gasteiger partial charge is 0.462 e. The molecule has 3 atom stereocenters. The van der Waals surface area contributed by atoms with Crippen molar-refractivity contribution in [2.24, 2.45) is 0 Å². The standard InChI is InChI=1S/C51H89NO5/c1-4-7-10-13-16-19-21-23-24-25-27-29-32-35-38-41-44-51(56)57-47(42-39-36-33-31-28-26-22-20-17-14-11-8-5-2)45-50(55)52-48(46-53)49(54)43-40-37-34-30-18-15-12-9-6-3/h7-8,10-11,14,16-17,19-20,22-24,47-49,53-54H,4-6,9,12-13,15,18,21,25-46H2,1-3H3,(H,52,55)/b10-7+,11-8+,17-14+,19-16+,22-20+,24-23+. The van der Waals surface area contributed by atoms with Crippen LogP contribution in [0.1, 0.15) is 213 Å². The van der Waals surface area contributed by atoms with Crippen molar-refractivity contribution < 1.29 is 24.5 Å². The molecular weight excluding hydrogens is 707 g/mol. The van der Waals surface area contributed by atoms with Gasteiger partial charge in [-0.3, -0.25) is 9.59 Å². The molecule has 3 N–H and O–H groups in total. The molecule has 0 aliphatic rings. The minimum Gasteiger partial charge on any atom is -0.462 e. The fraction of sp³-hybridized carbons (Fsp3) is 0.725. The van der Waals surface area contributed by atoms with Crippen LogP contribution in [0.4, 0.5) is 0 Å². The predicted octanol–water partition coefficient (Wildman–Crippen LogP) is 13.8. The number of ether oxygens (including phenoxy) is 1. The molecule has 0 aromatic carbocycles. The summed E-state index contributed by atoms with van der Waals surface area (Å²) in [7, 11) is 0. The highest BCUT2D eigenvalue weighted by Crippen LogP contribution is 2.17. The molecule has 0 aliphatic carbocycles. The van der Waals surface area contributed by atoms with Gasteiger partial charge in [0.2, 0.25) is 5.91 Å². The van der Waals surface area contributed by atoms with Crippen LogP contribution in [0.5, 0.6) is 0 Å². The van der Waals surface area contributed by atoms with E-state index in [4.69, 9.17) is 4.74 Å². The fourth-order valence-electron chi connectivity index (χ4n) is 6.80. The summed E-state index contributed by atoms with van der Waals surface area (Å²) in [5.74, 6) is -0.515. The van der Waals surface area contributed by atoms with Crippen LogP contribution >= 0.6 is 0 Å². The van der Waals surface area contributed by atoms with Crippen molar-refractivity contribution in [1.82, 2.24) is 5.32 Å². The van der Waals surface area contributed by atoms with Gasteiger partial charge in [0.15, 0.2) is 0 Å². The van der Waals surface area contributed by atoms with Crippen molar-refractivity contribution in [2.45, 2.75) is 232 Å². The molecule has 6 nitrogen and oxygen atoms in total. The summed E-state index contributed by atoms with van der Waals surface area (Å²) in [6.07, 6.45) is 55.3. The number of aliphatic hydroxyl groups excluding tert-OH is 2. The first-order valence-electron chi connectivity index (χ1n) is 23.7. The molecule has 6 heteroatoms. The summed E-state index contributed by atoms with van der Waals surface area (Å²) in [4.78, 5) is 26.0. The van der Waals surface area contributed by atoms with Crippen LogP contribution in [0, 0.1) is 0 Å². The summed E-state index contributed by atoms with van der Waals surface area (Å²) in [5.41, 5.74) is 0. The maximum atomic E-state index is 13.1. The van der Waals surface area contributed by atoms with E-state index in [0.717, 1.165) is 109 Å². The molecule has 0 radical (unpaired) electrons. The van der Waals surface area contributed by atoms with Crippen LogP contribution in [0.2, 0.25) is 0 Å². The van der Waals surface area contributed by atoms with E-state index in [-0.39, 0.29) is 24.9 Å². The molecule has 328 valence electrons.